The SMILES string of the molecule is COc1ccc(CN(C(C)=O)C(=O)C(C(C)=O)(C(N)c2c[nH]c3ccccc23)N2CCC(N3CCCCC3)CC2)cc1OC. The topological polar surface area (TPSA) is 121 Å². The highest BCUT2D eigenvalue weighted by molar-refractivity contribution is 6.15. The van der Waals surface area contributed by atoms with Gasteiger partial charge in [0.15, 0.2) is 22.8 Å². The number of aromatic nitrogens is 1. The Morgan fingerprint density at radius 1 is 0.977 bits per heavy atom. The molecule has 2 saturated heterocycles. The Balaban J connectivity index is 1.56. The van der Waals surface area contributed by atoms with Crippen LogP contribution >= 0.6 is 0 Å². The number of amides is 2. The molecule has 10 heteroatoms. The smallest absolute Gasteiger partial charge is 0.259 e. The average Bonchev–Trinajstić information content (AvgIpc) is 3.48. The number of ketones is 1. The van der Waals surface area contributed by atoms with Crippen LogP contribution in [0, 0.1) is 0 Å². The number of imide groups is 1. The van der Waals surface area contributed by atoms with Gasteiger partial charge in [0.25, 0.3) is 5.91 Å². The first kappa shape index (κ1) is 31.7. The van der Waals surface area contributed by atoms with E-state index in [1.165, 1.54) is 40.2 Å². The summed E-state index contributed by atoms with van der Waals surface area (Å²) in [4.78, 5) is 51.2. The minimum atomic E-state index is -1.79. The molecule has 1 aromatic heterocycles. The van der Waals surface area contributed by atoms with Crippen molar-refractivity contribution in [3.63, 3.8) is 0 Å². The largest absolute Gasteiger partial charge is 0.493 e. The number of likely N-dealkylation sites (tertiary alicyclic amines) is 2. The molecule has 3 N–H and O–H groups in total. The maximum absolute atomic E-state index is 15.0. The van der Waals surface area contributed by atoms with E-state index in [0.717, 1.165) is 41.7 Å². The molecule has 2 fully saturated rings. The first-order valence-corrected chi connectivity index (χ1v) is 15.6. The second kappa shape index (κ2) is 13.5. The highest BCUT2D eigenvalue weighted by Crippen LogP contribution is 2.39. The third kappa shape index (κ3) is 5.86. The lowest BCUT2D eigenvalue weighted by Crippen LogP contribution is -2.70. The number of piperidine rings is 2. The van der Waals surface area contributed by atoms with E-state index in [1.54, 1.807) is 31.5 Å². The number of fused-ring (bicyclic) bond motifs is 1. The van der Waals surface area contributed by atoms with Crippen LogP contribution in [0.25, 0.3) is 10.9 Å². The summed E-state index contributed by atoms with van der Waals surface area (Å²) < 4.78 is 10.8. The molecule has 236 valence electrons. The number of aromatic amines is 1. The highest BCUT2D eigenvalue weighted by Gasteiger charge is 2.57. The molecule has 2 atom stereocenters. The lowest BCUT2D eigenvalue weighted by atomic mass is 9.77. The van der Waals surface area contributed by atoms with Gasteiger partial charge in [-0.2, -0.15) is 0 Å². The zero-order chi connectivity index (χ0) is 31.4. The van der Waals surface area contributed by atoms with Crippen LogP contribution in [0.2, 0.25) is 0 Å². The molecule has 44 heavy (non-hydrogen) atoms. The van der Waals surface area contributed by atoms with Crippen molar-refractivity contribution in [3.8, 4) is 11.5 Å². The first-order chi connectivity index (χ1) is 21.2. The Hall–Kier alpha value is -3.73. The van der Waals surface area contributed by atoms with Gasteiger partial charge in [-0.15, -0.1) is 0 Å². The number of nitrogens with two attached hydrogens (primary N) is 1. The van der Waals surface area contributed by atoms with Gasteiger partial charge in [-0.05, 0) is 75.0 Å². The van der Waals surface area contributed by atoms with E-state index in [9.17, 15) is 14.4 Å². The Morgan fingerprint density at radius 2 is 1.66 bits per heavy atom. The first-order valence-electron chi connectivity index (χ1n) is 15.6. The molecule has 2 aromatic carbocycles. The fourth-order valence-electron chi connectivity index (χ4n) is 7.19. The van der Waals surface area contributed by atoms with Crippen molar-refractivity contribution in [2.24, 2.45) is 5.73 Å². The zero-order valence-electron chi connectivity index (χ0n) is 26.3. The number of carbonyl (C=O) groups excluding carboxylic acids is 3. The average molecular weight is 604 g/mol. The Labute approximate surface area is 259 Å². The minimum absolute atomic E-state index is 0.0472. The molecule has 3 heterocycles. The third-order valence-electron chi connectivity index (χ3n) is 9.55. The molecule has 2 amide bonds. The normalized spacial score (nSPS) is 18.8. The Morgan fingerprint density at radius 3 is 2.30 bits per heavy atom. The number of H-pyrrole nitrogens is 1. The predicted molar refractivity (Wildman–Crippen MR) is 169 cm³/mol. The van der Waals surface area contributed by atoms with Crippen molar-refractivity contribution in [2.45, 2.75) is 70.1 Å². The van der Waals surface area contributed by atoms with Crippen LogP contribution < -0.4 is 15.2 Å². The summed E-state index contributed by atoms with van der Waals surface area (Å²) in [6, 6.07) is 12.3. The predicted octanol–water partition coefficient (Wildman–Crippen LogP) is 4.04. The molecule has 2 aliphatic rings. The molecular weight excluding hydrogens is 558 g/mol. The molecule has 3 aromatic rings. The molecule has 2 aliphatic heterocycles. The maximum Gasteiger partial charge on any atom is 0.259 e. The maximum atomic E-state index is 15.0. The van der Waals surface area contributed by atoms with Crippen molar-refractivity contribution in [2.75, 3.05) is 40.4 Å². The van der Waals surface area contributed by atoms with Gasteiger partial charge in [0.2, 0.25) is 5.91 Å². The van der Waals surface area contributed by atoms with Gasteiger partial charge < -0.3 is 25.1 Å². The summed E-state index contributed by atoms with van der Waals surface area (Å²) in [6.45, 7) is 5.94. The van der Waals surface area contributed by atoms with E-state index in [0.29, 0.717) is 41.8 Å². The summed E-state index contributed by atoms with van der Waals surface area (Å²) in [5.74, 6) is -0.441. The van der Waals surface area contributed by atoms with Crippen molar-refractivity contribution < 1.29 is 23.9 Å². The Bertz CT molecular complexity index is 1490. The molecule has 5 rings (SSSR count). The fraction of sp³-hybridized carbons (Fsp3) is 0.500. The molecule has 10 nitrogen and oxygen atoms in total. The molecule has 0 spiro atoms. The third-order valence-corrected chi connectivity index (χ3v) is 9.55. The van der Waals surface area contributed by atoms with Crippen LogP contribution in [0.4, 0.5) is 0 Å². The van der Waals surface area contributed by atoms with Gasteiger partial charge in [0.1, 0.15) is 0 Å². The number of benzene rings is 2. The molecule has 0 saturated carbocycles. The Kier molecular flexibility index (Phi) is 9.72. The summed E-state index contributed by atoms with van der Waals surface area (Å²) in [6.07, 6.45) is 7.08. The van der Waals surface area contributed by atoms with Gasteiger partial charge in [-0.3, -0.25) is 24.2 Å². The van der Waals surface area contributed by atoms with Crippen LogP contribution in [-0.2, 0) is 20.9 Å². The number of rotatable bonds is 10. The number of ether oxygens (including phenoxy) is 2. The molecule has 0 bridgehead atoms. The lowest BCUT2D eigenvalue weighted by Gasteiger charge is -2.50. The van der Waals surface area contributed by atoms with E-state index in [4.69, 9.17) is 15.2 Å². The number of hydrogen-bond donors (Lipinski definition) is 2. The zero-order valence-corrected chi connectivity index (χ0v) is 26.3. The fourth-order valence-corrected chi connectivity index (χ4v) is 7.19. The molecule has 0 radical (unpaired) electrons. The van der Waals surface area contributed by atoms with E-state index < -0.39 is 23.4 Å². The van der Waals surface area contributed by atoms with Gasteiger partial charge in [-0.1, -0.05) is 30.7 Å². The van der Waals surface area contributed by atoms with Crippen molar-refractivity contribution >= 4 is 28.5 Å². The van der Waals surface area contributed by atoms with Crippen LogP contribution in [0.5, 0.6) is 11.5 Å². The van der Waals surface area contributed by atoms with Crippen molar-refractivity contribution in [1.29, 1.82) is 0 Å². The number of nitrogens with one attached hydrogen (secondary N) is 1. The summed E-state index contributed by atoms with van der Waals surface area (Å²) in [7, 11) is 3.08. The number of Topliss-reactive ketones (excluding diaryl/α,β-unsaturated/α-hetero) is 1. The van der Waals surface area contributed by atoms with E-state index >= 15 is 0 Å². The van der Waals surface area contributed by atoms with E-state index in [-0.39, 0.29) is 12.3 Å². The van der Waals surface area contributed by atoms with Crippen LogP contribution in [0.1, 0.15) is 63.1 Å². The highest BCUT2D eigenvalue weighted by atomic mass is 16.5. The van der Waals surface area contributed by atoms with Gasteiger partial charge in [0, 0.05) is 43.2 Å². The number of hydrogen-bond acceptors (Lipinski definition) is 8. The lowest BCUT2D eigenvalue weighted by molar-refractivity contribution is -0.160. The van der Waals surface area contributed by atoms with E-state index in [1.807, 2.05) is 29.2 Å². The monoisotopic (exact) mass is 603 g/mol. The summed E-state index contributed by atoms with van der Waals surface area (Å²) in [5, 5.41) is 0.843. The number of carbonyl (C=O) groups is 3. The summed E-state index contributed by atoms with van der Waals surface area (Å²) >= 11 is 0. The molecular formula is C34H45N5O5. The number of para-hydroxylation sites is 1. The van der Waals surface area contributed by atoms with Crippen molar-refractivity contribution in [3.05, 3.63) is 59.8 Å². The molecule has 2 unspecified atom stereocenters. The van der Waals surface area contributed by atoms with Gasteiger partial charge in [-0.25, -0.2) is 0 Å². The van der Waals surface area contributed by atoms with Crippen molar-refractivity contribution in [1.82, 2.24) is 19.7 Å². The van der Waals surface area contributed by atoms with Crippen LogP contribution in [0.15, 0.2) is 48.7 Å². The van der Waals surface area contributed by atoms with Gasteiger partial charge >= 0.3 is 0 Å². The second-order valence-electron chi connectivity index (χ2n) is 12.0. The van der Waals surface area contributed by atoms with Crippen LogP contribution in [-0.4, -0.2) is 89.3 Å². The number of nitrogens with zero attached hydrogens (tertiary/aromatic N) is 3. The second-order valence-corrected chi connectivity index (χ2v) is 12.0. The van der Waals surface area contributed by atoms with E-state index in [2.05, 4.69) is 9.88 Å². The van der Waals surface area contributed by atoms with Gasteiger partial charge in [0.05, 0.1) is 26.8 Å². The molecule has 0 aliphatic carbocycles. The summed E-state index contributed by atoms with van der Waals surface area (Å²) in [5.41, 5.74) is 7.52. The van der Waals surface area contributed by atoms with Crippen LogP contribution in [0.3, 0.4) is 0 Å². The quantitative estimate of drug-likeness (QED) is 0.333. The standard InChI is InChI=1S/C34H45N5O5/c1-23(40)34(32(35)28-21-36-29-11-7-6-10-27(28)29,38-18-14-26(15-19-38)37-16-8-5-9-17-37)33(42)39(24(2)41)22-25-12-13-30(43-3)31(20-25)44-4/h6-7,10-13,20-21,26,32,36H,5,8-9,14-19,22,35H2,1-4H3. The minimum Gasteiger partial charge on any atom is -0.493 e. The number of methoxy groups -OCH3 is 2.